The first kappa shape index (κ1) is 14.8. The number of nitrogens with zero attached hydrogens (tertiary/aromatic N) is 2. The van der Waals surface area contributed by atoms with E-state index in [2.05, 4.69) is 4.98 Å². The SMILES string of the molecule is CCOC(=O)[C@H]1CC[C@@H](n2c(N)nc3cc(F)ccc32)CC1. The van der Waals surface area contributed by atoms with E-state index in [1.807, 2.05) is 11.5 Å². The van der Waals surface area contributed by atoms with Crippen molar-refractivity contribution in [3.63, 3.8) is 0 Å². The van der Waals surface area contributed by atoms with Gasteiger partial charge in [0.25, 0.3) is 0 Å². The fraction of sp³-hybridized carbons (Fsp3) is 0.500. The molecule has 0 atom stereocenters. The molecule has 0 aliphatic heterocycles. The van der Waals surface area contributed by atoms with Crippen LogP contribution in [-0.2, 0) is 9.53 Å². The standard InChI is InChI=1S/C16H20FN3O2/c1-2-22-15(21)10-3-6-12(7-4-10)20-14-8-5-11(17)9-13(14)19-16(20)18/h5,8-10,12H,2-4,6-7H2,1H3,(H2,18,19)/t10-,12+. The largest absolute Gasteiger partial charge is 0.466 e. The number of aromatic nitrogens is 2. The first-order valence-corrected chi connectivity index (χ1v) is 7.69. The Morgan fingerprint density at radius 1 is 1.41 bits per heavy atom. The second kappa shape index (κ2) is 5.94. The van der Waals surface area contributed by atoms with Crippen LogP contribution in [0.25, 0.3) is 11.0 Å². The number of imidazole rings is 1. The van der Waals surface area contributed by atoms with Gasteiger partial charge in [-0.15, -0.1) is 0 Å². The molecule has 3 rings (SSSR count). The monoisotopic (exact) mass is 305 g/mol. The van der Waals surface area contributed by atoms with Crippen LogP contribution >= 0.6 is 0 Å². The van der Waals surface area contributed by atoms with Gasteiger partial charge in [0, 0.05) is 12.1 Å². The average molecular weight is 305 g/mol. The van der Waals surface area contributed by atoms with Crippen molar-refractivity contribution in [1.29, 1.82) is 0 Å². The zero-order valence-electron chi connectivity index (χ0n) is 12.6. The summed E-state index contributed by atoms with van der Waals surface area (Å²) in [4.78, 5) is 16.0. The van der Waals surface area contributed by atoms with Crippen molar-refractivity contribution in [2.75, 3.05) is 12.3 Å². The molecule has 118 valence electrons. The normalized spacial score (nSPS) is 21.9. The number of anilines is 1. The Labute approximate surface area is 128 Å². The maximum atomic E-state index is 13.3. The van der Waals surface area contributed by atoms with Crippen LogP contribution in [0, 0.1) is 11.7 Å². The fourth-order valence-electron chi connectivity index (χ4n) is 3.30. The van der Waals surface area contributed by atoms with Crippen LogP contribution in [0.4, 0.5) is 10.3 Å². The summed E-state index contributed by atoms with van der Waals surface area (Å²) in [5.41, 5.74) is 7.43. The summed E-state index contributed by atoms with van der Waals surface area (Å²) >= 11 is 0. The number of rotatable bonds is 3. The lowest BCUT2D eigenvalue weighted by atomic mass is 9.86. The molecule has 1 aromatic carbocycles. The van der Waals surface area contributed by atoms with Crippen molar-refractivity contribution in [2.24, 2.45) is 5.92 Å². The third-order valence-electron chi connectivity index (χ3n) is 4.36. The maximum absolute atomic E-state index is 13.3. The summed E-state index contributed by atoms with van der Waals surface area (Å²) in [5.74, 6) is -0.0421. The number of benzene rings is 1. The number of fused-ring (bicyclic) bond motifs is 1. The van der Waals surface area contributed by atoms with Crippen molar-refractivity contribution < 1.29 is 13.9 Å². The molecule has 1 aliphatic rings. The fourth-order valence-corrected chi connectivity index (χ4v) is 3.30. The number of nitrogen functional groups attached to an aromatic ring is 1. The predicted molar refractivity (Wildman–Crippen MR) is 81.7 cm³/mol. The van der Waals surface area contributed by atoms with E-state index in [0.29, 0.717) is 18.1 Å². The molecule has 0 saturated heterocycles. The number of carbonyl (C=O) groups excluding carboxylic acids is 1. The zero-order valence-corrected chi connectivity index (χ0v) is 12.6. The van der Waals surface area contributed by atoms with Crippen molar-refractivity contribution in [3.8, 4) is 0 Å². The quantitative estimate of drug-likeness (QED) is 0.885. The van der Waals surface area contributed by atoms with E-state index in [0.717, 1.165) is 31.2 Å². The lowest BCUT2D eigenvalue weighted by Gasteiger charge is -2.29. The Morgan fingerprint density at radius 2 is 2.14 bits per heavy atom. The third kappa shape index (κ3) is 2.65. The van der Waals surface area contributed by atoms with Gasteiger partial charge >= 0.3 is 5.97 Å². The van der Waals surface area contributed by atoms with E-state index in [-0.39, 0.29) is 23.7 Å². The second-order valence-corrected chi connectivity index (χ2v) is 5.73. The molecule has 0 bridgehead atoms. The van der Waals surface area contributed by atoms with Gasteiger partial charge in [0.05, 0.1) is 23.6 Å². The van der Waals surface area contributed by atoms with Gasteiger partial charge in [-0.25, -0.2) is 9.37 Å². The number of esters is 1. The van der Waals surface area contributed by atoms with Gasteiger partial charge in [-0.2, -0.15) is 0 Å². The minimum absolute atomic E-state index is 0.0235. The van der Waals surface area contributed by atoms with Gasteiger partial charge in [0.1, 0.15) is 5.82 Å². The van der Waals surface area contributed by atoms with Crippen molar-refractivity contribution in [1.82, 2.24) is 9.55 Å². The smallest absolute Gasteiger partial charge is 0.308 e. The average Bonchev–Trinajstić information content (AvgIpc) is 2.82. The molecule has 1 heterocycles. The minimum Gasteiger partial charge on any atom is -0.466 e. The number of ether oxygens (including phenoxy) is 1. The Balaban J connectivity index is 1.79. The van der Waals surface area contributed by atoms with Crippen molar-refractivity contribution in [3.05, 3.63) is 24.0 Å². The Morgan fingerprint density at radius 3 is 2.82 bits per heavy atom. The number of hydrogen-bond acceptors (Lipinski definition) is 4. The van der Waals surface area contributed by atoms with E-state index in [1.165, 1.54) is 12.1 Å². The molecule has 22 heavy (non-hydrogen) atoms. The molecule has 1 saturated carbocycles. The summed E-state index contributed by atoms with van der Waals surface area (Å²) in [6, 6.07) is 4.73. The van der Waals surface area contributed by atoms with Gasteiger partial charge < -0.3 is 15.0 Å². The maximum Gasteiger partial charge on any atom is 0.308 e. The molecule has 6 heteroatoms. The van der Waals surface area contributed by atoms with Crippen LogP contribution in [0.15, 0.2) is 18.2 Å². The molecule has 1 aliphatic carbocycles. The van der Waals surface area contributed by atoms with E-state index < -0.39 is 0 Å². The van der Waals surface area contributed by atoms with Crippen molar-refractivity contribution in [2.45, 2.75) is 38.6 Å². The van der Waals surface area contributed by atoms with E-state index in [1.54, 1.807) is 6.07 Å². The highest BCUT2D eigenvalue weighted by Crippen LogP contribution is 2.36. The Bertz CT molecular complexity index is 690. The molecular weight excluding hydrogens is 285 g/mol. The van der Waals surface area contributed by atoms with Crippen LogP contribution in [0.1, 0.15) is 38.6 Å². The molecule has 1 fully saturated rings. The van der Waals surface area contributed by atoms with E-state index in [4.69, 9.17) is 10.5 Å². The minimum atomic E-state index is -0.317. The molecule has 1 aromatic heterocycles. The Kier molecular flexibility index (Phi) is 4.00. The second-order valence-electron chi connectivity index (χ2n) is 5.73. The van der Waals surface area contributed by atoms with E-state index in [9.17, 15) is 9.18 Å². The molecule has 0 unspecified atom stereocenters. The van der Waals surface area contributed by atoms with Crippen LogP contribution in [0.2, 0.25) is 0 Å². The zero-order chi connectivity index (χ0) is 15.7. The molecular formula is C16H20FN3O2. The summed E-state index contributed by atoms with van der Waals surface area (Å²) in [6.45, 7) is 2.24. The van der Waals surface area contributed by atoms with Crippen molar-refractivity contribution >= 4 is 23.0 Å². The van der Waals surface area contributed by atoms with Gasteiger partial charge in [0.2, 0.25) is 5.95 Å². The molecule has 0 radical (unpaired) electrons. The van der Waals surface area contributed by atoms with Crippen LogP contribution in [0.3, 0.4) is 0 Å². The lowest BCUT2D eigenvalue weighted by Crippen LogP contribution is -2.25. The topological polar surface area (TPSA) is 70.1 Å². The first-order valence-electron chi connectivity index (χ1n) is 7.69. The summed E-state index contributed by atoms with van der Waals surface area (Å²) < 4.78 is 20.3. The number of carbonyl (C=O) groups is 1. The molecule has 5 nitrogen and oxygen atoms in total. The molecule has 0 amide bonds. The van der Waals surface area contributed by atoms with Crippen LogP contribution in [-0.4, -0.2) is 22.1 Å². The molecule has 2 N–H and O–H groups in total. The van der Waals surface area contributed by atoms with E-state index >= 15 is 0 Å². The van der Waals surface area contributed by atoms with Gasteiger partial charge in [-0.1, -0.05) is 0 Å². The third-order valence-corrected chi connectivity index (χ3v) is 4.36. The van der Waals surface area contributed by atoms with Crippen LogP contribution < -0.4 is 5.73 Å². The van der Waals surface area contributed by atoms with Crippen LogP contribution in [0.5, 0.6) is 0 Å². The summed E-state index contributed by atoms with van der Waals surface area (Å²) in [5, 5.41) is 0. The first-order chi connectivity index (χ1) is 10.6. The summed E-state index contributed by atoms with van der Waals surface area (Å²) in [6.07, 6.45) is 3.25. The van der Waals surface area contributed by atoms with Gasteiger partial charge in [-0.3, -0.25) is 4.79 Å². The highest BCUT2D eigenvalue weighted by molar-refractivity contribution is 5.78. The lowest BCUT2D eigenvalue weighted by molar-refractivity contribution is -0.149. The van der Waals surface area contributed by atoms with Gasteiger partial charge in [0.15, 0.2) is 0 Å². The Hall–Kier alpha value is -2.11. The number of nitrogens with two attached hydrogens (primary N) is 1. The summed E-state index contributed by atoms with van der Waals surface area (Å²) in [7, 11) is 0. The predicted octanol–water partition coefficient (Wildman–Crippen LogP) is 3.05. The highest BCUT2D eigenvalue weighted by atomic mass is 19.1. The number of halogens is 1. The molecule has 2 aromatic rings. The van der Waals surface area contributed by atoms with Gasteiger partial charge in [-0.05, 0) is 44.7 Å². The highest BCUT2D eigenvalue weighted by Gasteiger charge is 2.29. The molecule has 0 spiro atoms. The number of hydrogen-bond donors (Lipinski definition) is 1.